The van der Waals surface area contributed by atoms with Crippen molar-refractivity contribution in [2.24, 2.45) is 0 Å². The van der Waals surface area contributed by atoms with Gasteiger partial charge in [0.25, 0.3) is 0 Å². The molecule has 0 aliphatic carbocycles. The third-order valence-corrected chi connectivity index (χ3v) is 1.90. The van der Waals surface area contributed by atoms with Gasteiger partial charge in [-0.1, -0.05) is 13.8 Å². The summed E-state index contributed by atoms with van der Waals surface area (Å²) in [5.74, 6) is -0.200. The zero-order valence-corrected chi connectivity index (χ0v) is 8.18. The second kappa shape index (κ2) is 3.51. The largest absolute Gasteiger partial charge is 0.435 e. The molecule has 0 aliphatic heterocycles. The van der Waals surface area contributed by atoms with Crippen molar-refractivity contribution in [3.63, 3.8) is 0 Å². The molecule has 0 fully saturated rings. The van der Waals surface area contributed by atoms with Gasteiger partial charge in [0.15, 0.2) is 5.69 Å². The number of rotatable bonds is 2. The van der Waals surface area contributed by atoms with Crippen LogP contribution in [0.5, 0.6) is 0 Å². The monoisotopic (exact) mass is 207 g/mol. The van der Waals surface area contributed by atoms with E-state index in [1.807, 2.05) is 0 Å². The highest BCUT2D eigenvalue weighted by Crippen LogP contribution is 2.34. The van der Waals surface area contributed by atoms with Crippen LogP contribution in [-0.4, -0.2) is 16.9 Å². The van der Waals surface area contributed by atoms with Crippen molar-refractivity contribution in [2.75, 3.05) is 12.5 Å². The summed E-state index contributed by atoms with van der Waals surface area (Å²) in [7, 11) is 1.40. The second-order valence-corrected chi connectivity index (χ2v) is 3.24. The molecule has 6 heteroatoms. The topological polar surface area (TPSA) is 29.9 Å². The van der Waals surface area contributed by atoms with Gasteiger partial charge in [0.2, 0.25) is 0 Å². The van der Waals surface area contributed by atoms with Crippen LogP contribution in [0.1, 0.15) is 31.0 Å². The minimum absolute atomic E-state index is 0.200. The maximum atomic E-state index is 12.6. The maximum Gasteiger partial charge on any atom is 0.435 e. The molecule has 14 heavy (non-hydrogen) atoms. The average Bonchev–Trinajstić information content (AvgIpc) is 2.45. The molecule has 0 aliphatic rings. The minimum Gasteiger partial charge on any atom is -0.313 e. The zero-order chi connectivity index (χ0) is 10.9. The van der Waals surface area contributed by atoms with Gasteiger partial charge in [0, 0.05) is 12.6 Å². The van der Waals surface area contributed by atoms with E-state index in [0.29, 0.717) is 0 Å². The molecule has 1 N–H and O–H groups in total. The van der Waals surface area contributed by atoms with E-state index in [1.165, 1.54) is 13.2 Å². The lowest BCUT2D eigenvalue weighted by atomic mass is 10.0. The van der Waals surface area contributed by atoms with Crippen molar-refractivity contribution in [3.05, 3.63) is 17.5 Å². The van der Waals surface area contributed by atoms with Crippen molar-refractivity contribution >= 4 is 0 Å². The van der Waals surface area contributed by atoms with Crippen molar-refractivity contribution in [1.82, 2.24) is 9.89 Å². The molecular weight excluding hydrogens is 195 g/mol. The molecule has 1 heterocycles. The molecule has 0 atom stereocenters. The van der Waals surface area contributed by atoms with Crippen LogP contribution in [-0.2, 0) is 6.18 Å². The number of halogens is 3. The molecule has 0 amide bonds. The number of alkyl halides is 3. The number of nitrogens with one attached hydrogen (secondary N) is 1. The molecule has 1 rings (SSSR count). The number of hydrogen-bond donors (Lipinski definition) is 1. The van der Waals surface area contributed by atoms with E-state index in [0.717, 1.165) is 4.79 Å². The third kappa shape index (κ3) is 1.83. The molecule has 1 aromatic heterocycles. The van der Waals surface area contributed by atoms with E-state index < -0.39 is 11.9 Å². The highest BCUT2D eigenvalue weighted by atomic mass is 19.4. The summed E-state index contributed by atoms with van der Waals surface area (Å²) in [5, 5.41) is 3.61. The Labute approximate surface area is 79.9 Å². The average molecular weight is 207 g/mol. The summed E-state index contributed by atoms with van der Waals surface area (Å²) in [5.41, 5.74) is 1.84. The predicted octanol–water partition coefficient (Wildman–Crippen LogP) is 2.20. The fourth-order valence-corrected chi connectivity index (χ4v) is 1.24. The standard InChI is InChI=1S/C8H12F3N3/c1-5(2)6-4-13-14(12-3)7(6)8(9,10)11/h4-5,12H,1-3H3. The van der Waals surface area contributed by atoms with E-state index in [4.69, 9.17) is 0 Å². The van der Waals surface area contributed by atoms with Crippen molar-refractivity contribution in [1.29, 1.82) is 0 Å². The number of aromatic nitrogens is 2. The van der Waals surface area contributed by atoms with Gasteiger partial charge >= 0.3 is 6.18 Å². The first-order chi connectivity index (χ1) is 6.38. The summed E-state index contributed by atoms with van der Waals surface area (Å²) in [6.07, 6.45) is -3.14. The van der Waals surface area contributed by atoms with Gasteiger partial charge in [-0.15, -0.1) is 0 Å². The van der Waals surface area contributed by atoms with E-state index in [-0.39, 0.29) is 11.5 Å². The van der Waals surface area contributed by atoms with Crippen LogP contribution in [0.15, 0.2) is 6.20 Å². The lowest BCUT2D eigenvalue weighted by molar-refractivity contribution is -0.144. The molecule has 0 radical (unpaired) electrons. The third-order valence-electron chi connectivity index (χ3n) is 1.90. The first kappa shape index (κ1) is 10.9. The van der Waals surface area contributed by atoms with Crippen LogP contribution in [0.2, 0.25) is 0 Å². The van der Waals surface area contributed by atoms with Crippen molar-refractivity contribution < 1.29 is 13.2 Å². The first-order valence-corrected chi connectivity index (χ1v) is 4.20. The Morgan fingerprint density at radius 3 is 2.36 bits per heavy atom. The quantitative estimate of drug-likeness (QED) is 0.805. The van der Waals surface area contributed by atoms with Crippen LogP contribution in [0, 0.1) is 0 Å². The molecule has 0 aromatic carbocycles. The minimum atomic E-state index is -4.38. The molecule has 3 nitrogen and oxygen atoms in total. The Balaban J connectivity index is 3.27. The molecule has 0 saturated carbocycles. The van der Waals surface area contributed by atoms with Crippen LogP contribution in [0.25, 0.3) is 0 Å². The van der Waals surface area contributed by atoms with Gasteiger partial charge in [-0.3, -0.25) is 0 Å². The van der Waals surface area contributed by atoms with Gasteiger partial charge in [-0.25, -0.2) is 0 Å². The summed E-state index contributed by atoms with van der Waals surface area (Å²) in [4.78, 5) is 0.745. The summed E-state index contributed by atoms with van der Waals surface area (Å²) < 4.78 is 37.8. The predicted molar refractivity (Wildman–Crippen MR) is 46.6 cm³/mol. The molecule has 0 spiro atoms. The van der Waals surface area contributed by atoms with Crippen LogP contribution in [0.3, 0.4) is 0 Å². The van der Waals surface area contributed by atoms with Gasteiger partial charge < -0.3 is 5.43 Å². The summed E-state index contributed by atoms with van der Waals surface area (Å²) in [6.45, 7) is 3.40. The Morgan fingerprint density at radius 1 is 1.43 bits per heavy atom. The Bertz CT molecular complexity index is 314. The lowest BCUT2D eigenvalue weighted by Gasteiger charge is -2.13. The van der Waals surface area contributed by atoms with Crippen LogP contribution < -0.4 is 5.43 Å². The lowest BCUT2D eigenvalue weighted by Crippen LogP contribution is -2.22. The zero-order valence-electron chi connectivity index (χ0n) is 8.18. The maximum absolute atomic E-state index is 12.6. The molecule has 0 unspecified atom stereocenters. The smallest absolute Gasteiger partial charge is 0.313 e. The van der Waals surface area contributed by atoms with E-state index in [9.17, 15) is 13.2 Å². The second-order valence-electron chi connectivity index (χ2n) is 3.24. The van der Waals surface area contributed by atoms with Crippen LogP contribution in [0.4, 0.5) is 13.2 Å². The van der Waals surface area contributed by atoms with Crippen molar-refractivity contribution in [2.45, 2.75) is 25.9 Å². The van der Waals surface area contributed by atoms with E-state index in [2.05, 4.69) is 10.5 Å². The van der Waals surface area contributed by atoms with E-state index in [1.54, 1.807) is 13.8 Å². The van der Waals surface area contributed by atoms with Gasteiger partial charge in [0.1, 0.15) is 0 Å². The SMILES string of the molecule is CNn1ncc(C(C)C)c1C(F)(F)F. The number of hydrogen-bond acceptors (Lipinski definition) is 2. The van der Waals surface area contributed by atoms with Gasteiger partial charge in [0.05, 0.1) is 6.20 Å². The normalized spacial score (nSPS) is 12.2. The Morgan fingerprint density at radius 2 is 2.00 bits per heavy atom. The first-order valence-electron chi connectivity index (χ1n) is 4.20. The molecule has 80 valence electrons. The van der Waals surface area contributed by atoms with E-state index >= 15 is 0 Å². The highest BCUT2D eigenvalue weighted by Gasteiger charge is 2.38. The molecule has 0 saturated heterocycles. The summed E-state index contributed by atoms with van der Waals surface area (Å²) in [6, 6.07) is 0. The number of nitrogens with zero attached hydrogens (tertiary/aromatic N) is 2. The fraction of sp³-hybridized carbons (Fsp3) is 0.625. The Hall–Kier alpha value is -1.20. The molecular formula is C8H12F3N3. The fourth-order valence-electron chi connectivity index (χ4n) is 1.24. The molecule has 0 bridgehead atoms. The summed E-state index contributed by atoms with van der Waals surface area (Å²) >= 11 is 0. The highest BCUT2D eigenvalue weighted by molar-refractivity contribution is 5.24. The Kier molecular flexibility index (Phi) is 2.73. The molecule has 1 aromatic rings. The van der Waals surface area contributed by atoms with Crippen LogP contribution >= 0.6 is 0 Å². The van der Waals surface area contributed by atoms with Gasteiger partial charge in [-0.2, -0.15) is 23.1 Å². The van der Waals surface area contributed by atoms with Gasteiger partial charge in [-0.05, 0) is 5.92 Å². The van der Waals surface area contributed by atoms with Crippen molar-refractivity contribution in [3.8, 4) is 0 Å².